The van der Waals surface area contributed by atoms with E-state index in [-0.39, 0.29) is 43.0 Å². The molecule has 0 atom stereocenters. The van der Waals surface area contributed by atoms with E-state index in [0.29, 0.717) is 5.56 Å². The first-order valence-corrected chi connectivity index (χ1v) is 6.67. The van der Waals surface area contributed by atoms with Crippen molar-refractivity contribution in [3.05, 3.63) is 35.4 Å². The van der Waals surface area contributed by atoms with Gasteiger partial charge in [0.25, 0.3) is 0 Å². The molecule has 10 heteroatoms. The van der Waals surface area contributed by atoms with Crippen molar-refractivity contribution in [3.63, 3.8) is 0 Å². The SMILES string of the molecule is CN=C(NCCC(F)(F)F)N(C)Cc1ccc(C(F)(F)F)cc1.I. The molecule has 0 fully saturated rings. The van der Waals surface area contributed by atoms with E-state index in [1.165, 1.54) is 24.1 Å². The summed E-state index contributed by atoms with van der Waals surface area (Å²) in [5, 5.41) is 2.56. The average Bonchev–Trinajstić information content (AvgIpc) is 2.42. The molecule has 1 aromatic carbocycles. The molecule has 0 amide bonds. The second-order valence-electron chi connectivity index (χ2n) is 4.89. The Bertz CT molecular complexity index is 525. The summed E-state index contributed by atoms with van der Waals surface area (Å²) < 4.78 is 73.7. The third-order valence-corrected chi connectivity index (χ3v) is 2.97. The molecule has 1 rings (SSSR count). The number of nitrogens with one attached hydrogen (secondary N) is 1. The number of benzene rings is 1. The van der Waals surface area contributed by atoms with Crippen LogP contribution in [0, 0.1) is 0 Å². The number of nitrogens with zero attached hydrogens (tertiary/aromatic N) is 2. The summed E-state index contributed by atoms with van der Waals surface area (Å²) in [6.07, 6.45) is -9.67. The largest absolute Gasteiger partial charge is 0.416 e. The molecule has 138 valence electrons. The Morgan fingerprint density at radius 1 is 1.08 bits per heavy atom. The van der Waals surface area contributed by atoms with Gasteiger partial charge in [0, 0.05) is 27.2 Å². The highest BCUT2D eigenvalue weighted by Gasteiger charge is 2.30. The molecule has 0 spiro atoms. The molecule has 24 heavy (non-hydrogen) atoms. The highest BCUT2D eigenvalue weighted by Crippen LogP contribution is 2.29. The molecule has 1 N–H and O–H groups in total. The summed E-state index contributed by atoms with van der Waals surface area (Å²) in [6, 6.07) is 4.57. The van der Waals surface area contributed by atoms with Gasteiger partial charge in [-0.2, -0.15) is 26.3 Å². The zero-order valence-corrected chi connectivity index (χ0v) is 15.3. The molecule has 0 unspecified atom stereocenters. The van der Waals surface area contributed by atoms with E-state index in [2.05, 4.69) is 10.3 Å². The molecule has 1 aromatic rings. The van der Waals surface area contributed by atoms with E-state index >= 15 is 0 Å². The van der Waals surface area contributed by atoms with Gasteiger partial charge in [0.2, 0.25) is 0 Å². The first-order valence-electron chi connectivity index (χ1n) is 6.67. The smallest absolute Gasteiger partial charge is 0.356 e. The van der Waals surface area contributed by atoms with E-state index in [9.17, 15) is 26.3 Å². The van der Waals surface area contributed by atoms with E-state index in [1.54, 1.807) is 7.05 Å². The van der Waals surface area contributed by atoms with Crippen LogP contribution in [0.4, 0.5) is 26.3 Å². The van der Waals surface area contributed by atoms with Crippen molar-refractivity contribution in [1.29, 1.82) is 0 Å². The number of alkyl halides is 6. The molecule has 3 nitrogen and oxygen atoms in total. The fourth-order valence-electron chi connectivity index (χ4n) is 1.85. The van der Waals surface area contributed by atoms with E-state index in [4.69, 9.17) is 0 Å². The Morgan fingerprint density at radius 2 is 1.62 bits per heavy atom. The Balaban J connectivity index is 0.00000529. The predicted octanol–water partition coefficient (Wildman–Crippen LogP) is 4.28. The minimum Gasteiger partial charge on any atom is -0.356 e. The first-order chi connectivity index (χ1) is 10.5. The van der Waals surface area contributed by atoms with Gasteiger partial charge in [-0.25, -0.2) is 0 Å². The maximum absolute atomic E-state index is 12.5. The van der Waals surface area contributed by atoms with Gasteiger partial charge in [-0.15, -0.1) is 24.0 Å². The molecule has 0 radical (unpaired) electrons. The number of aliphatic imine (C=N–C) groups is 1. The third kappa shape index (κ3) is 8.06. The summed E-state index contributed by atoms with van der Waals surface area (Å²) in [6.45, 7) is -0.114. The van der Waals surface area contributed by atoms with E-state index in [0.717, 1.165) is 12.1 Å². The highest BCUT2D eigenvalue weighted by atomic mass is 127. The van der Waals surface area contributed by atoms with E-state index in [1.807, 2.05) is 0 Å². The average molecular weight is 469 g/mol. The predicted molar refractivity (Wildman–Crippen MR) is 90.4 cm³/mol. The fraction of sp³-hybridized carbons (Fsp3) is 0.500. The van der Waals surface area contributed by atoms with Crippen LogP contribution < -0.4 is 5.32 Å². The molecular formula is C14H18F6IN3. The Morgan fingerprint density at radius 3 is 2.04 bits per heavy atom. The lowest BCUT2D eigenvalue weighted by Gasteiger charge is -2.22. The number of hydrogen-bond donors (Lipinski definition) is 1. The number of halogens is 7. The first kappa shape index (κ1) is 22.8. The zero-order valence-electron chi connectivity index (χ0n) is 13.0. The van der Waals surface area contributed by atoms with E-state index < -0.39 is 24.3 Å². The lowest BCUT2D eigenvalue weighted by atomic mass is 10.1. The van der Waals surface area contributed by atoms with Crippen molar-refractivity contribution in [2.75, 3.05) is 20.6 Å². The van der Waals surface area contributed by atoms with Crippen LogP contribution in [0.2, 0.25) is 0 Å². The van der Waals surface area contributed by atoms with Crippen molar-refractivity contribution >= 4 is 29.9 Å². The maximum atomic E-state index is 12.5. The van der Waals surface area contributed by atoms with Crippen LogP contribution in [0.1, 0.15) is 17.5 Å². The molecule has 0 bridgehead atoms. The van der Waals surface area contributed by atoms with Gasteiger partial charge in [0.15, 0.2) is 5.96 Å². The molecule has 0 aromatic heterocycles. The Hall–Kier alpha value is -1.20. The van der Waals surface area contributed by atoms with Crippen LogP contribution in [-0.4, -0.2) is 37.7 Å². The number of hydrogen-bond acceptors (Lipinski definition) is 1. The van der Waals surface area contributed by atoms with Gasteiger partial charge in [-0.1, -0.05) is 12.1 Å². The van der Waals surface area contributed by atoms with Crippen LogP contribution in [0.15, 0.2) is 29.3 Å². The molecule has 0 heterocycles. The lowest BCUT2D eigenvalue weighted by Crippen LogP contribution is -2.39. The molecular weight excluding hydrogens is 451 g/mol. The summed E-state index contributed by atoms with van der Waals surface area (Å²) in [4.78, 5) is 5.37. The summed E-state index contributed by atoms with van der Waals surface area (Å²) >= 11 is 0. The monoisotopic (exact) mass is 469 g/mol. The van der Waals surface area contributed by atoms with Crippen molar-refractivity contribution in [1.82, 2.24) is 10.2 Å². The van der Waals surface area contributed by atoms with Crippen molar-refractivity contribution in [2.24, 2.45) is 4.99 Å². The molecule has 0 aliphatic rings. The van der Waals surface area contributed by atoms with Gasteiger partial charge < -0.3 is 10.2 Å². The second-order valence-corrected chi connectivity index (χ2v) is 4.89. The third-order valence-electron chi connectivity index (χ3n) is 2.97. The van der Waals surface area contributed by atoms with Crippen molar-refractivity contribution in [2.45, 2.75) is 25.3 Å². The van der Waals surface area contributed by atoms with Crippen LogP contribution in [0.25, 0.3) is 0 Å². The normalized spacial score (nSPS) is 12.6. The summed E-state index contributed by atoms with van der Waals surface area (Å²) in [7, 11) is 3.00. The Kier molecular flexibility index (Phi) is 8.86. The Labute approximate surface area is 153 Å². The molecule has 0 aliphatic heterocycles. The number of rotatable bonds is 4. The topological polar surface area (TPSA) is 27.6 Å². The lowest BCUT2D eigenvalue weighted by molar-refractivity contribution is -0.137. The number of guanidine groups is 1. The summed E-state index contributed by atoms with van der Waals surface area (Å²) in [5.41, 5.74) is -0.171. The van der Waals surface area contributed by atoms with Crippen LogP contribution in [0.5, 0.6) is 0 Å². The van der Waals surface area contributed by atoms with Crippen LogP contribution >= 0.6 is 24.0 Å². The highest BCUT2D eigenvalue weighted by molar-refractivity contribution is 14.0. The minimum absolute atomic E-state index is 0. The minimum atomic E-state index is -4.40. The second kappa shape index (κ2) is 9.33. The summed E-state index contributed by atoms with van der Waals surface area (Å²) in [5.74, 6) is 0.231. The van der Waals surface area contributed by atoms with Gasteiger partial charge in [0.1, 0.15) is 0 Å². The van der Waals surface area contributed by atoms with Gasteiger partial charge >= 0.3 is 12.4 Å². The maximum Gasteiger partial charge on any atom is 0.416 e. The van der Waals surface area contributed by atoms with Gasteiger partial charge in [0.05, 0.1) is 12.0 Å². The van der Waals surface area contributed by atoms with Crippen molar-refractivity contribution < 1.29 is 26.3 Å². The zero-order chi connectivity index (χ0) is 17.7. The van der Waals surface area contributed by atoms with Crippen molar-refractivity contribution in [3.8, 4) is 0 Å². The molecule has 0 saturated carbocycles. The van der Waals surface area contributed by atoms with Crippen LogP contribution in [-0.2, 0) is 12.7 Å². The molecule has 0 saturated heterocycles. The van der Waals surface area contributed by atoms with Gasteiger partial charge in [-0.05, 0) is 17.7 Å². The standard InChI is InChI=1S/C14H17F6N3.HI/c1-21-12(22-8-7-13(15,16)17)23(2)9-10-3-5-11(6-4-10)14(18,19)20;/h3-6H,7-9H2,1-2H3,(H,21,22);1H. The quantitative estimate of drug-likeness (QED) is 0.309. The van der Waals surface area contributed by atoms with Gasteiger partial charge in [-0.3, -0.25) is 4.99 Å². The van der Waals surface area contributed by atoms with Crippen LogP contribution in [0.3, 0.4) is 0 Å². The fourth-order valence-corrected chi connectivity index (χ4v) is 1.85. The molecule has 0 aliphatic carbocycles.